The highest BCUT2D eigenvalue weighted by Crippen LogP contribution is 2.38. The Balaban J connectivity index is 1.70. The Hall–Kier alpha value is -2.72. The van der Waals surface area contributed by atoms with Gasteiger partial charge in [-0.05, 0) is 56.0 Å². The lowest BCUT2D eigenvalue weighted by Crippen LogP contribution is -2.18. The molecule has 0 unspecified atom stereocenters. The van der Waals surface area contributed by atoms with E-state index < -0.39 is 0 Å². The Labute approximate surface area is 177 Å². The van der Waals surface area contributed by atoms with E-state index in [0.29, 0.717) is 11.7 Å². The summed E-state index contributed by atoms with van der Waals surface area (Å²) < 4.78 is 11.9. The van der Waals surface area contributed by atoms with Gasteiger partial charge in [0.1, 0.15) is 5.15 Å². The van der Waals surface area contributed by atoms with E-state index in [0.717, 1.165) is 41.3 Å². The quantitative estimate of drug-likeness (QED) is 0.423. The van der Waals surface area contributed by atoms with Crippen LogP contribution in [0.5, 0.6) is 11.5 Å². The van der Waals surface area contributed by atoms with Crippen LogP contribution in [0.1, 0.15) is 31.2 Å². The van der Waals surface area contributed by atoms with Gasteiger partial charge in [0.25, 0.3) is 0 Å². The number of halogens is 1. The smallest absolute Gasteiger partial charge is 0.163 e. The fraction of sp³-hybridized carbons (Fsp3) is 0.292. The first kappa shape index (κ1) is 19.6. The molecule has 0 N–H and O–H groups in total. The van der Waals surface area contributed by atoms with Crippen molar-refractivity contribution in [1.29, 1.82) is 0 Å². The van der Waals surface area contributed by atoms with E-state index in [2.05, 4.69) is 34.1 Å². The van der Waals surface area contributed by atoms with Crippen LogP contribution in [0.25, 0.3) is 0 Å². The van der Waals surface area contributed by atoms with Crippen LogP contribution >= 0.6 is 11.6 Å². The van der Waals surface area contributed by atoms with E-state index in [1.807, 2.05) is 36.4 Å². The fourth-order valence-corrected chi connectivity index (χ4v) is 3.94. The number of pyridine rings is 1. The molecule has 0 atom stereocenters. The number of para-hydroxylation sites is 1. The molecule has 0 amide bonds. The van der Waals surface area contributed by atoms with Crippen molar-refractivity contribution in [3.05, 3.63) is 77.6 Å². The molecule has 1 aliphatic rings. The van der Waals surface area contributed by atoms with Crippen LogP contribution in [0, 0.1) is 0 Å². The minimum Gasteiger partial charge on any atom is -0.493 e. The van der Waals surface area contributed by atoms with Crippen molar-refractivity contribution in [2.24, 2.45) is 0 Å². The molecule has 0 aliphatic heterocycles. The van der Waals surface area contributed by atoms with Crippen LogP contribution in [0.3, 0.4) is 0 Å². The van der Waals surface area contributed by atoms with Crippen molar-refractivity contribution in [2.45, 2.75) is 38.3 Å². The van der Waals surface area contributed by atoms with Gasteiger partial charge in [-0.25, -0.2) is 4.98 Å². The summed E-state index contributed by atoms with van der Waals surface area (Å²) in [6.45, 7) is 0.603. The highest BCUT2D eigenvalue weighted by atomic mass is 35.5. The Morgan fingerprint density at radius 1 is 0.966 bits per heavy atom. The predicted octanol–water partition coefficient (Wildman–Crippen LogP) is 6.40. The number of anilines is 2. The monoisotopic (exact) mass is 408 g/mol. The Morgan fingerprint density at radius 2 is 1.76 bits per heavy atom. The summed E-state index contributed by atoms with van der Waals surface area (Å²) in [7, 11) is 1.68. The van der Waals surface area contributed by atoms with Crippen molar-refractivity contribution in [1.82, 2.24) is 4.98 Å². The van der Waals surface area contributed by atoms with E-state index in [1.54, 1.807) is 13.3 Å². The van der Waals surface area contributed by atoms with E-state index >= 15 is 0 Å². The van der Waals surface area contributed by atoms with Crippen LogP contribution in [-0.2, 0) is 6.54 Å². The molecule has 1 fully saturated rings. The average molecular weight is 409 g/mol. The van der Waals surface area contributed by atoms with Crippen LogP contribution in [0.4, 0.5) is 11.4 Å². The molecule has 1 aromatic heterocycles. The fourth-order valence-electron chi connectivity index (χ4n) is 3.76. The summed E-state index contributed by atoms with van der Waals surface area (Å²) in [6, 6.07) is 20.3. The molecule has 0 bridgehead atoms. The zero-order valence-corrected chi connectivity index (χ0v) is 17.3. The number of rotatable bonds is 7. The van der Waals surface area contributed by atoms with Crippen molar-refractivity contribution < 1.29 is 9.47 Å². The summed E-state index contributed by atoms with van der Waals surface area (Å²) in [5, 5.41) is 0.518. The number of hydrogen-bond donors (Lipinski definition) is 0. The van der Waals surface area contributed by atoms with Gasteiger partial charge in [-0.15, -0.1) is 0 Å². The Morgan fingerprint density at radius 3 is 2.48 bits per heavy atom. The lowest BCUT2D eigenvalue weighted by Gasteiger charge is -2.27. The minimum absolute atomic E-state index is 0.261. The Kier molecular flexibility index (Phi) is 6.20. The molecular weight excluding hydrogens is 384 g/mol. The molecule has 29 heavy (non-hydrogen) atoms. The number of ether oxygens (including phenoxy) is 2. The molecule has 0 saturated heterocycles. The molecule has 1 aliphatic carbocycles. The van der Waals surface area contributed by atoms with Gasteiger partial charge in [0.2, 0.25) is 0 Å². The van der Waals surface area contributed by atoms with E-state index in [9.17, 15) is 0 Å². The van der Waals surface area contributed by atoms with Crippen molar-refractivity contribution in [3.63, 3.8) is 0 Å². The molecule has 0 spiro atoms. The summed E-state index contributed by atoms with van der Waals surface area (Å²) in [5.74, 6) is 1.54. The number of methoxy groups -OCH3 is 1. The van der Waals surface area contributed by atoms with Crippen molar-refractivity contribution >= 4 is 23.0 Å². The van der Waals surface area contributed by atoms with Gasteiger partial charge < -0.3 is 14.4 Å². The molecular formula is C24H25ClN2O2. The van der Waals surface area contributed by atoms with Gasteiger partial charge in [-0.1, -0.05) is 35.9 Å². The highest BCUT2D eigenvalue weighted by molar-refractivity contribution is 6.30. The third kappa shape index (κ3) is 4.65. The SMILES string of the molecule is COc1ccc(N(Cc2cccnc2Cl)c2ccccc2)cc1OC1CCCC1. The molecule has 150 valence electrons. The number of benzene rings is 2. The van der Waals surface area contributed by atoms with Gasteiger partial charge in [0, 0.05) is 29.2 Å². The van der Waals surface area contributed by atoms with E-state index in [-0.39, 0.29) is 6.10 Å². The van der Waals surface area contributed by atoms with Crippen LogP contribution in [0.2, 0.25) is 5.15 Å². The lowest BCUT2D eigenvalue weighted by molar-refractivity contribution is 0.201. The maximum atomic E-state index is 6.35. The summed E-state index contributed by atoms with van der Waals surface area (Å²) >= 11 is 6.35. The lowest BCUT2D eigenvalue weighted by atomic mass is 10.1. The maximum absolute atomic E-state index is 6.35. The average Bonchev–Trinajstić information content (AvgIpc) is 3.27. The second kappa shape index (κ2) is 9.19. The first-order valence-corrected chi connectivity index (χ1v) is 10.4. The normalized spacial score (nSPS) is 14.0. The molecule has 1 saturated carbocycles. The zero-order valence-electron chi connectivity index (χ0n) is 16.6. The molecule has 3 aromatic rings. The van der Waals surface area contributed by atoms with Gasteiger partial charge in [0.15, 0.2) is 11.5 Å². The number of nitrogens with zero attached hydrogens (tertiary/aromatic N) is 2. The van der Waals surface area contributed by atoms with E-state index in [4.69, 9.17) is 21.1 Å². The molecule has 2 aromatic carbocycles. The molecule has 4 rings (SSSR count). The predicted molar refractivity (Wildman–Crippen MR) is 117 cm³/mol. The summed E-state index contributed by atoms with van der Waals surface area (Å²) in [6.07, 6.45) is 6.61. The second-order valence-corrected chi connectivity index (χ2v) is 7.59. The standard InChI is InChI=1S/C24H25ClN2O2/c1-28-22-14-13-20(16-23(22)29-21-11-5-6-12-21)27(19-9-3-2-4-10-19)17-18-8-7-15-26-24(18)25/h2-4,7-10,13-16,21H,5-6,11-12,17H2,1H3. The second-order valence-electron chi connectivity index (χ2n) is 7.23. The molecule has 4 nitrogen and oxygen atoms in total. The molecule has 0 radical (unpaired) electrons. The molecule has 5 heteroatoms. The van der Waals surface area contributed by atoms with Gasteiger partial charge >= 0.3 is 0 Å². The summed E-state index contributed by atoms with van der Waals surface area (Å²) in [4.78, 5) is 6.44. The van der Waals surface area contributed by atoms with Crippen LogP contribution in [-0.4, -0.2) is 18.2 Å². The first-order valence-electron chi connectivity index (χ1n) is 10.0. The third-order valence-corrected chi connectivity index (χ3v) is 5.63. The van der Waals surface area contributed by atoms with Crippen molar-refractivity contribution in [2.75, 3.05) is 12.0 Å². The number of hydrogen-bond acceptors (Lipinski definition) is 4. The third-order valence-electron chi connectivity index (χ3n) is 5.29. The van der Waals surface area contributed by atoms with Crippen molar-refractivity contribution in [3.8, 4) is 11.5 Å². The number of aromatic nitrogens is 1. The maximum Gasteiger partial charge on any atom is 0.163 e. The van der Waals surface area contributed by atoms with E-state index in [1.165, 1.54) is 12.8 Å². The zero-order chi connectivity index (χ0) is 20.1. The van der Waals surface area contributed by atoms with Crippen LogP contribution in [0.15, 0.2) is 66.9 Å². The largest absolute Gasteiger partial charge is 0.493 e. The first-order chi connectivity index (χ1) is 14.2. The molecule has 1 heterocycles. The van der Waals surface area contributed by atoms with Gasteiger partial charge in [-0.2, -0.15) is 0 Å². The van der Waals surface area contributed by atoms with Gasteiger partial charge in [0.05, 0.1) is 19.8 Å². The summed E-state index contributed by atoms with van der Waals surface area (Å²) in [5.41, 5.74) is 3.06. The van der Waals surface area contributed by atoms with Crippen LogP contribution < -0.4 is 14.4 Å². The Bertz CT molecular complexity index is 943. The van der Waals surface area contributed by atoms with Gasteiger partial charge in [-0.3, -0.25) is 0 Å². The highest BCUT2D eigenvalue weighted by Gasteiger charge is 2.20. The minimum atomic E-state index is 0.261. The topological polar surface area (TPSA) is 34.6 Å².